The molecule has 4 rings (SSSR count). The Balaban J connectivity index is 1.73. The first-order valence-electron chi connectivity index (χ1n) is 12.6. The van der Waals surface area contributed by atoms with Crippen molar-refractivity contribution in [2.75, 3.05) is 11.4 Å². The number of halogens is 6. The van der Waals surface area contributed by atoms with Gasteiger partial charge in [0, 0.05) is 48.8 Å². The number of H-pyrrole nitrogens is 1. The summed E-state index contributed by atoms with van der Waals surface area (Å²) in [4.78, 5) is 24.6. The average Bonchev–Trinajstić information content (AvgIpc) is 3.56. The highest BCUT2D eigenvalue weighted by molar-refractivity contribution is 5.69. The molecule has 0 unspecified atom stereocenters. The second-order valence-corrected chi connectivity index (χ2v) is 9.84. The van der Waals surface area contributed by atoms with Gasteiger partial charge in [0.25, 0.3) is 0 Å². The molecule has 1 amide bonds. The summed E-state index contributed by atoms with van der Waals surface area (Å²) in [5.74, 6) is 0.0946. The number of rotatable bonds is 7. The van der Waals surface area contributed by atoms with Crippen molar-refractivity contribution in [1.82, 2.24) is 25.1 Å². The van der Waals surface area contributed by atoms with Crippen molar-refractivity contribution < 1.29 is 35.9 Å². The average molecular weight is 571 g/mol. The normalized spacial score (nSPS) is 17.9. The van der Waals surface area contributed by atoms with Gasteiger partial charge in [-0.3, -0.25) is 5.10 Å². The summed E-state index contributed by atoms with van der Waals surface area (Å²) in [6.45, 7) is 5.07. The Bertz CT molecular complexity index is 1260. The predicted molar refractivity (Wildman–Crippen MR) is 133 cm³/mol. The molecule has 2 aromatic heterocycles. The van der Waals surface area contributed by atoms with Gasteiger partial charge in [0.1, 0.15) is 0 Å². The number of nitrogens with zero attached hydrogens (tertiary/aromatic N) is 5. The Morgan fingerprint density at radius 2 is 1.68 bits per heavy atom. The number of likely N-dealkylation sites (tertiary alicyclic amines) is 1. The third-order valence-corrected chi connectivity index (χ3v) is 6.60. The van der Waals surface area contributed by atoms with Crippen LogP contribution in [-0.4, -0.2) is 55.9 Å². The summed E-state index contributed by atoms with van der Waals surface area (Å²) < 4.78 is 86.6. The van der Waals surface area contributed by atoms with Crippen molar-refractivity contribution >= 4 is 12.0 Å². The second kappa shape index (κ2) is 11.3. The number of aromatic nitrogens is 4. The molecule has 3 heterocycles. The van der Waals surface area contributed by atoms with Crippen molar-refractivity contribution in [2.24, 2.45) is 0 Å². The van der Waals surface area contributed by atoms with Crippen LogP contribution in [0.4, 0.5) is 37.1 Å². The van der Waals surface area contributed by atoms with E-state index in [4.69, 9.17) is 4.74 Å². The number of ether oxygens (including phenoxy) is 1. The maximum atomic E-state index is 13.5. The molecular weight excluding hydrogens is 542 g/mol. The number of nitrogens with one attached hydrogen (secondary N) is 1. The Kier molecular flexibility index (Phi) is 8.26. The van der Waals surface area contributed by atoms with Crippen LogP contribution >= 0.6 is 0 Å². The molecule has 2 atom stereocenters. The van der Waals surface area contributed by atoms with Crippen LogP contribution in [0.2, 0.25) is 0 Å². The van der Waals surface area contributed by atoms with Crippen molar-refractivity contribution in [3.8, 4) is 11.1 Å². The van der Waals surface area contributed by atoms with Gasteiger partial charge in [0.15, 0.2) is 0 Å². The number of hydrogen-bond acceptors (Lipinski definition) is 6. The highest BCUT2D eigenvalue weighted by atomic mass is 19.4. The number of benzene rings is 1. The Labute approximate surface area is 226 Å². The molecule has 3 aromatic rings. The SMILES string of the molecule is CC[C@@H]1C[C@H](N(Cc2cc(C(F)(F)F)cc(C(F)(F)F)c2)c2ncc(-c3cn[nH]c3)cn2)CN1C(=O)OC(C)C. The van der Waals surface area contributed by atoms with Crippen LogP contribution in [0.15, 0.2) is 43.0 Å². The first-order valence-corrected chi connectivity index (χ1v) is 12.6. The van der Waals surface area contributed by atoms with Gasteiger partial charge in [0.2, 0.25) is 5.95 Å². The van der Waals surface area contributed by atoms with E-state index in [-0.39, 0.29) is 42.8 Å². The molecule has 216 valence electrons. The molecular formula is C26H28F6N6O2. The van der Waals surface area contributed by atoms with Crippen molar-refractivity contribution in [3.05, 3.63) is 59.7 Å². The Hall–Kier alpha value is -3.84. The first kappa shape index (κ1) is 29.2. The molecule has 40 heavy (non-hydrogen) atoms. The van der Waals surface area contributed by atoms with Crippen LogP contribution in [0, 0.1) is 0 Å². The monoisotopic (exact) mass is 570 g/mol. The smallest absolute Gasteiger partial charge is 0.416 e. The van der Waals surface area contributed by atoms with Gasteiger partial charge in [-0.1, -0.05) is 6.92 Å². The summed E-state index contributed by atoms with van der Waals surface area (Å²) in [6, 6.07) is 0.721. The predicted octanol–water partition coefficient (Wildman–Crippen LogP) is 6.31. The number of anilines is 1. The van der Waals surface area contributed by atoms with Gasteiger partial charge in [-0.05, 0) is 50.5 Å². The first-order chi connectivity index (χ1) is 18.8. The highest BCUT2D eigenvalue weighted by Gasteiger charge is 2.40. The number of alkyl halides is 6. The van der Waals surface area contributed by atoms with E-state index in [1.54, 1.807) is 31.1 Å². The molecule has 1 fully saturated rings. The molecule has 0 bridgehead atoms. The minimum atomic E-state index is -4.98. The summed E-state index contributed by atoms with van der Waals surface area (Å²) in [5, 5.41) is 6.54. The maximum Gasteiger partial charge on any atom is 0.416 e. The number of carbonyl (C=O) groups excluding carboxylic acids is 1. The molecule has 14 heteroatoms. The van der Waals surface area contributed by atoms with Gasteiger partial charge >= 0.3 is 18.4 Å². The van der Waals surface area contributed by atoms with Gasteiger partial charge in [-0.2, -0.15) is 31.4 Å². The zero-order valence-corrected chi connectivity index (χ0v) is 21.9. The lowest BCUT2D eigenvalue weighted by atomic mass is 10.0. The van der Waals surface area contributed by atoms with Crippen molar-refractivity contribution in [2.45, 2.75) is 70.7 Å². The molecule has 8 nitrogen and oxygen atoms in total. The summed E-state index contributed by atoms with van der Waals surface area (Å²) >= 11 is 0. The van der Waals surface area contributed by atoms with Crippen LogP contribution in [0.1, 0.15) is 50.3 Å². The van der Waals surface area contributed by atoms with Crippen LogP contribution < -0.4 is 4.90 Å². The van der Waals surface area contributed by atoms with Crippen LogP contribution in [0.5, 0.6) is 0 Å². The van der Waals surface area contributed by atoms with E-state index in [1.807, 2.05) is 6.92 Å². The summed E-state index contributed by atoms with van der Waals surface area (Å²) in [6.07, 6.45) is -3.76. The summed E-state index contributed by atoms with van der Waals surface area (Å²) in [7, 11) is 0. The number of hydrogen-bond donors (Lipinski definition) is 1. The van der Waals surface area contributed by atoms with E-state index in [0.717, 1.165) is 0 Å². The molecule has 0 radical (unpaired) electrons. The molecule has 1 saturated heterocycles. The lowest BCUT2D eigenvalue weighted by Gasteiger charge is -2.30. The largest absolute Gasteiger partial charge is 0.447 e. The molecule has 0 aliphatic carbocycles. The standard InChI is InChI=1S/C26H28F6N6O2/c1-4-21-8-22(14-38(21)24(39)40-15(2)3)37(23-33-9-17(10-34-23)18-11-35-36-12-18)13-16-5-19(25(27,28)29)7-20(6-16)26(30,31)32/h5-7,9-12,15,21-22H,4,8,13-14H2,1-3H3,(H,35,36)/t21-,22+/m1/s1. The summed E-state index contributed by atoms with van der Waals surface area (Å²) in [5.41, 5.74) is -1.74. The molecule has 0 saturated carbocycles. The van der Waals surface area contributed by atoms with Gasteiger partial charge < -0.3 is 14.5 Å². The third kappa shape index (κ3) is 6.65. The van der Waals surface area contributed by atoms with E-state index in [0.29, 0.717) is 36.1 Å². The van der Waals surface area contributed by atoms with Gasteiger partial charge in [0.05, 0.1) is 29.5 Å². The highest BCUT2D eigenvalue weighted by Crippen LogP contribution is 2.37. The van der Waals surface area contributed by atoms with Gasteiger partial charge in [-0.25, -0.2) is 14.8 Å². The van der Waals surface area contributed by atoms with Crippen LogP contribution in [0.25, 0.3) is 11.1 Å². The second-order valence-electron chi connectivity index (χ2n) is 9.84. The molecule has 1 aromatic carbocycles. The quantitative estimate of drug-likeness (QED) is 0.335. The Morgan fingerprint density at radius 1 is 1.05 bits per heavy atom. The fraction of sp³-hybridized carbons (Fsp3) is 0.462. The van der Waals surface area contributed by atoms with E-state index < -0.39 is 35.6 Å². The lowest BCUT2D eigenvalue weighted by Crippen LogP contribution is -2.41. The zero-order chi connectivity index (χ0) is 29.2. The molecule has 1 N–H and O–H groups in total. The molecule has 0 spiro atoms. The number of aromatic amines is 1. The van der Waals surface area contributed by atoms with Crippen molar-refractivity contribution in [1.29, 1.82) is 0 Å². The number of amides is 1. The van der Waals surface area contributed by atoms with Crippen LogP contribution in [-0.2, 0) is 23.6 Å². The van der Waals surface area contributed by atoms with E-state index in [1.165, 1.54) is 17.3 Å². The van der Waals surface area contributed by atoms with E-state index in [2.05, 4.69) is 20.2 Å². The fourth-order valence-electron chi connectivity index (χ4n) is 4.70. The molecule has 1 aliphatic heterocycles. The third-order valence-electron chi connectivity index (χ3n) is 6.60. The minimum absolute atomic E-state index is 0.0936. The van der Waals surface area contributed by atoms with Gasteiger partial charge in [-0.15, -0.1) is 0 Å². The minimum Gasteiger partial charge on any atom is -0.447 e. The van der Waals surface area contributed by atoms with Crippen LogP contribution in [0.3, 0.4) is 0 Å². The van der Waals surface area contributed by atoms with E-state index >= 15 is 0 Å². The van der Waals surface area contributed by atoms with Crippen molar-refractivity contribution in [3.63, 3.8) is 0 Å². The van der Waals surface area contributed by atoms with E-state index in [9.17, 15) is 31.1 Å². The maximum absolute atomic E-state index is 13.5. The lowest BCUT2D eigenvalue weighted by molar-refractivity contribution is -0.143. The topological polar surface area (TPSA) is 87.2 Å². The Morgan fingerprint density at radius 3 is 2.17 bits per heavy atom. The zero-order valence-electron chi connectivity index (χ0n) is 21.9. The number of carbonyl (C=O) groups is 1. The molecule has 1 aliphatic rings. The fourth-order valence-corrected chi connectivity index (χ4v) is 4.70.